The van der Waals surface area contributed by atoms with Gasteiger partial charge in [0, 0.05) is 33.4 Å². The molecule has 0 amide bonds. The number of carbonyl (C=O) groups excluding carboxylic acids is 4. The van der Waals surface area contributed by atoms with Crippen LogP contribution in [0.4, 0.5) is 11.4 Å². The number of benzene rings is 3. The number of fused-ring (bicyclic) bond motifs is 7. The van der Waals surface area contributed by atoms with E-state index in [-0.39, 0.29) is 39.3 Å². The van der Waals surface area contributed by atoms with Gasteiger partial charge in [0.25, 0.3) is 0 Å². The van der Waals surface area contributed by atoms with Crippen LogP contribution in [-0.4, -0.2) is 34.9 Å². The van der Waals surface area contributed by atoms with Crippen LogP contribution in [0.5, 0.6) is 0 Å². The largest absolute Gasteiger partial charge is 0.371 e. The molecule has 1 atom stereocenters. The van der Waals surface area contributed by atoms with E-state index in [1.54, 1.807) is 66.7 Å². The number of Topliss-reactive ketones (excluding diaryl/α,β-unsaturated/α-hetero) is 2. The molecule has 6 nitrogen and oxygen atoms in total. The van der Waals surface area contributed by atoms with E-state index in [9.17, 15) is 19.2 Å². The molecule has 0 saturated heterocycles. The number of ketones is 4. The summed E-state index contributed by atoms with van der Waals surface area (Å²) in [5.41, 5.74) is 3.40. The van der Waals surface area contributed by atoms with Crippen molar-refractivity contribution in [3.8, 4) is 0 Å². The van der Waals surface area contributed by atoms with Crippen LogP contribution in [0.3, 0.4) is 0 Å². The number of aliphatic imine (C=N–C) groups is 1. The third-order valence-electron chi connectivity index (χ3n) is 6.86. The Labute approximate surface area is 203 Å². The summed E-state index contributed by atoms with van der Waals surface area (Å²) in [6.45, 7) is 0. The molecule has 1 N–H and O–H groups in total. The first-order chi connectivity index (χ1) is 17.0. The van der Waals surface area contributed by atoms with Gasteiger partial charge in [0.2, 0.25) is 0 Å². The summed E-state index contributed by atoms with van der Waals surface area (Å²) in [6, 6.07) is 14.2. The molecule has 0 saturated carbocycles. The van der Waals surface area contributed by atoms with E-state index in [1.165, 1.54) is 0 Å². The van der Waals surface area contributed by atoms with Crippen LogP contribution in [0.2, 0.25) is 5.02 Å². The maximum absolute atomic E-state index is 13.5. The first-order valence-electron chi connectivity index (χ1n) is 11.0. The van der Waals surface area contributed by atoms with Crippen molar-refractivity contribution in [3.05, 3.63) is 116 Å². The maximum atomic E-state index is 13.5. The zero-order valence-electron chi connectivity index (χ0n) is 17.9. The molecular weight excluding hydrogens is 464 g/mol. The van der Waals surface area contributed by atoms with Gasteiger partial charge in [-0.05, 0) is 18.2 Å². The van der Waals surface area contributed by atoms with Crippen LogP contribution in [-0.2, 0) is 0 Å². The number of nitrogens with one attached hydrogen (secondary N) is 1. The van der Waals surface area contributed by atoms with E-state index >= 15 is 0 Å². The van der Waals surface area contributed by atoms with E-state index in [2.05, 4.69) is 5.32 Å². The van der Waals surface area contributed by atoms with E-state index in [0.29, 0.717) is 50.5 Å². The number of halogens is 1. The van der Waals surface area contributed by atoms with Crippen LogP contribution >= 0.6 is 11.6 Å². The smallest absolute Gasteiger partial charge is 0.196 e. The van der Waals surface area contributed by atoms with Crippen molar-refractivity contribution in [1.29, 1.82) is 0 Å². The molecule has 0 aromatic heterocycles. The van der Waals surface area contributed by atoms with Gasteiger partial charge in [0.05, 0.1) is 39.3 Å². The monoisotopic (exact) mass is 476 g/mol. The van der Waals surface area contributed by atoms with Crippen LogP contribution in [0.15, 0.2) is 82.9 Å². The van der Waals surface area contributed by atoms with Crippen LogP contribution in [0.25, 0.3) is 0 Å². The van der Waals surface area contributed by atoms with E-state index in [4.69, 9.17) is 16.6 Å². The fraction of sp³-hybridized carbons (Fsp3) is 0.0357. The molecule has 0 bridgehead atoms. The molecule has 1 unspecified atom stereocenters. The molecule has 7 rings (SSSR count). The number of hydrogen-bond acceptors (Lipinski definition) is 6. The van der Waals surface area contributed by atoms with Gasteiger partial charge in [-0.15, -0.1) is 0 Å². The van der Waals surface area contributed by atoms with E-state index < -0.39 is 6.04 Å². The Morgan fingerprint density at radius 2 is 1.29 bits per heavy atom. The number of rotatable bonds is 0. The van der Waals surface area contributed by atoms with Gasteiger partial charge in [-0.2, -0.15) is 0 Å². The average Bonchev–Trinajstić information content (AvgIpc) is 2.88. The molecule has 3 aromatic rings. The average molecular weight is 477 g/mol. The fourth-order valence-corrected chi connectivity index (χ4v) is 5.56. The van der Waals surface area contributed by atoms with Gasteiger partial charge in [0.1, 0.15) is 0 Å². The summed E-state index contributed by atoms with van der Waals surface area (Å²) >= 11 is 6.53. The lowest BCUT2D eigenvalue weighted by Gasteiger charge is -2.34. The number of allylic oxidation sites excluding steroid dienone is 2. The highest BCUT2D eigenvalue weighted by atomic mass is 35.5. The molecule has 35 heavy (non-hydrogen) atoms. The standard InChI is InChI=1S/C28H13ClN2O4/c29-17-11-19-24(22-21(17)27(34)14-7-3-4-8-15(14)28(22)35)30-18-10-9-16-20(23(18)31-19)26(33)13-6-2-1-5-12(13)25(16)32/h1-11,23,31H. The maximum Gasteiger partial charge on any atom is 0.196 e. The Kier molecular flexibility index (Phi) is 3.89. The summed E-state index contributed by atoms with van der Waals surface area (Å²) < 4.78 is 0. The van der Waals surface area contributed by atoms with Crippen molar-refractivity contribution < 1.29 is 19.2 Å². The molecule has 1 heterocycles. The molecule has 3 aliphatic carbocycles. The van der Waals surface area contributed by atoms with Crippen molar-refractivity contribution in [2.45, 2.75) is 6.04 Å². The Morgan fingerprint density at radius 1 is 0.714 bits per heavy atom. The van der Waals surface area contributed by atoms with Crippen molar-refractivity contribution in [1.82, 2.24) is 0 Å². The number of hydrogen-bond donors (Lipinski definition) is 1. The van der Waals surface area contributed by atoms with Gasteiger partial charge in [-0.25, -0.2) is 4.99 Å². The second-order valence-corrected chi connectivity index (χ2v) is 9.09. The Bertz CT molecular complexity index is 1710. The quantitative estimate of drug-likeness (QED) is 0.388. The topological polar surface area (TPSA) is 92.7 Å². The molecule has 0 fully saturated rings. The fourth-order valence-electron chi connectivity index (χ4n) is 5.27. The minimum absolute atomic E-state index is 0.120. The van der Waals surface area contributed by atoms with Crippen LogP contribution in [0.1, 0.15) is 52.6 Å². The molecule has 7 heteroatoms. The van der Waals surface area contributed by atoms with Crippen molar-refractivity contribution >= 4 is 51.8 Å². The lowest BCUT2D eigenvalue weighted by Crippen LogP contribution is -2.41. The third-order valence-corrected chi connectivity index (χ3v) is 7.16. The summed E-state index contributed by atoms with van der Waals surface area (Å²) in [7, 11) is 0. The Hall–Kier alpha value is -4.42. The van der Waals surface area contributed by atoms with Crippen molar-refractivity contribution in [2.24, 2.45) is 4.99 Å². The predicted octanol–water partition coefficient (Wildman–Crippen LogP) is 4.93. The van der Waals surface area contributed by atoms with Gasteiger partial charge >= 0.3 is 0 Å². The lowest BCUT2D eigenvalue weighted by molar-refractivity contribution is 0.0975. The van der Waals surface area contributed by atoms with Gasteiger partial charge in [-0.3, -0.25) is 19.2 Å². The van der Waals surface area contributed by atoms with Crippen molar-refractivity contribution in [3.63, 3.8) is 0 Å². The van der Waals surface area contributed by atoms with E-state index in [1.807, 2.05) is 0 Å². The molecule has 4 aliphatic rings. The lowest BCUT2D eigenvalue weighted by atomic mass is 9.76. The number of anilines is 1. The summed E-state index contributed by atoms with van der Waals surface area (Å²) in [4.78, 5) is 58.0. The second-order valence-electron chi connectivity index (χ2n) is 8.69. The number of nitrogens with zero attached hydrogens (tertiary/aromatic N) is 1. The third kappa shape index (κ3) is 2.52. The molecule has 0 radical (unpaired) electrons. The number of carbonyl (C=O) groups is 4. The first-order valence-corrected chi connectivity index (χ1v) is 11.3. The highest BCUT2D eigenvalue weighted by molar-refractivity contribution is 6.41. The molecular formula is C28H13ClN2O4. The zero-order valence-corrected chi connectivity index (χ0v) is 18.6. The molecule has 3 aromatic carbocycles. The summed E-state index contributed by atoms with van der Waals surface area (Å²) in [5.74, 6) is -1.15. The Morgan fingerprint density at radius 3 is 1.94 bits per heavy atom. The summed E-state index contributed by atoms with van der Waals surface area (Å²) in [6.07, 6.45) is 3.26. The summed E-state index contributed by atoms with van der Waals surface area (Å²) in [5, 5.41) is 3.39. The van der Waals surface area contributed by atoms with Crippen molar-refractivity contribution in [2.75, 3.05) is 5.32 Å². The second kappa shape index (κ2) is 6.81. The van der Waals surface area contributed by atoms with Gasteiger partial charge in [0.15, 0.2) is 23.1 Å². The zero-order chi connectivity index (χ0) is 24.0. The van der Waals surface area contributed by atoms with Crippen LogP contribution < -0.4 is 5.32 Å². The molecule has 0 spiro atoms. The van der Waals surface area contributed by atoms with Crippen LogP contribution in [0, 0.1) is 0 Å². The highest BCUT2D eigenvalue weighted by Gasteiger charge is 2.42. The van der Waals surface area contributed by atoms with Gasteiger partial charge < -0.3 is 5.32 Å². The van der Waals surface area contributed by atoms with E-state index in [0.717, 1.165) is 0 Å². The minimum atomic E-state index is -0.692. The predicted molar refractivity (Wildman–Crippen MR) is 131 cm³/mol. The molecule has 166 valence electrons. The van der Waals surface area contributed by atoms with Gasteiger partial charge in [-0.1, -0.05) is 60.1 Å². The highest BCUT2D eigenvalue weighted by Crippen LogP contribution is 2.46. The first kappa shape index (κ1) is 20.0. The molecule has 1 aliphatic heterocycles. The SMILES string of the molecule is O=C1C2=C(C(=O)c3ccccc31)C1Nc3cc(Cl)c4c(c3N=C1C=C2)C(=O)c1ccccc1C4=O. The minimum Gasteiger partial charge on any atom is -0.371 e. The Balaban J connectivity index is 1.41. The normalized spacial score (nSPS) is 19.1.